The van der Waals surface area contributed by atoms with Gasteiger partial charge in [-0.15, -0.1) is 0 Å². The second-order valence-electron chi connectivity index (χ2n) is 5.83. The minimum absolute atomic E-state index is 0.259. The number of hydrogen-bond acceptors (Lipinski definition) is 7. The van der Waals surface area contributed by atoms with E-state index in [-0.39, 0.29) is 5.91 Å². The highest BCUT2D eigenvalue weighted by atomic mass is 16.1. The van der Waals surface area contributed by atoms with Gasteiger partial charge in [-0.1, -0.05) is 0 Å². The van der Waals surface area contributed by atoms with Gasteiger partial charge in [-0.25, -0.2) is 19.6 Å². The van der Waals surface area contributed by atoms with Crippen LogP contribution in [0.4, 0.5) is 5.82 Å². The maximum atomic E-state index is 12.0. The van der Waals surface area contributed by atoms with Crippen LogP contribution in [0.5, 0.6) is 0 Å². The Morgan fingerprint density at radius 2 is 1.85 bits per heavy atom. The third-order valence-electron chi connectivity index (χ3n) is 3.61. The maximum absolute atomic E-state index is 12.0. The van der Waals surface area contributed by atoms with E-state index in [1.165, 1.54) is 12.5 Å². The van der Waals surface area contributed by atoms with E-state index in [1.54, 1.807) is 10.9 Å². The summed E-state index contributed by atoms with van der Waals surface area (Å²) < 4.78 is 1.76. The van der Waals surface area contributed by atoms with Gasteiger partial charge >= 0.3 is 0 Å². The van der Waals surface area contributed by atoms with Crippen LogP contribution in [0.15, 0.2) is 30.9 Å². The fourth-order valence-corrected chi connectivity index (χ4v) is 2.39. The number of rotatable bonds is 6. The van der Waals surface area contributed by atoms with E-state index in [9.17, 15) is 4.79 Å². The highest BCUT2D eigenvalue weighted by Gasteiger charge is 2.08. The van der Waals surface area contributed by atoms with Crippen LogP contribution in [0.2, 0.25) is 0 Å². The van der Waals surface area contributed by atoms with Crippen molar-refractivity contribution in [2.75, 3.05) is 18.4 Å². The first-order valence-electron chi connectivity index (χ1n) is 8.19. The van der Waals surface area contributed by atoms with E-state index in [2.05, 4.69) is 35.7 Å². The van der Waals surface area contributed by atoms with Crippen LogP contribution in [0.25, 0.3) is 5.82 Å². The molecule has 3 heterocycles. The predicted molar refractivity (Wildman–Crippen MR) is 96.2 cm³/mol. The summed E-state index contributed by atoms with van der Waals surface area (Å²) in [6, 6.07) is 3.80. The number of nitrogens with one attached hydrogen (secondary N) is 2. The van der Waals surface area contributed by atoms with Crippen molar-refractivity contribution in [2.45, 2.75) is 20.8 Å². The van der Waals surface area contributed by atoms with E-state index in [1.807, 2.05) is 32.9 Å². The number of hydrogen-bond donors (Lipinski definition) is 2. The maximum Gasteiger partial charge on any atom is 0.271 e. The Balaban J connectivity index is 1.54. The van der Waals surface area contributed by atoms with Gasteiger partial charge in [0.2, 0.25) is 0 Å². The van der Waals surface area contributed by atoms with Crippen LogP contribution >= 0.6 is 0 Å². The molecule has 9 nitrogen and oxygen atoms in total. The SMILES string of the molecule is Cc1cnc(C(=O)NCCNc2cc(-n3nc(C)cc3C)ncn2)cn1. The summed E-state index contributed by atoms with van der Waals surface area (Å²) in [5.74, 6) is 1.09. The smallest absolute Gasteiger partial charge is 0.271 e. The zero-order valence-electron chi connectivity index (χ0n) is 14.9. The molecule has 0 fully saturated rings. The van der Waals surface area contributed by atoms with Crippen molar-refractivity contribution >= 4 is 11.7 Å². The summed E-state index contributed by atoms with van der Waals surface area (Å²) in [5, 5.41) is 10.3. The van der Waals surface area contributed by atoms with Crippen molar-refractivity contribution in [3.05, 3.63) is 53.6 Å². The molecule has 0 spiro atoms. The molecule has 0 atom stereocenters. The summed E-state index contributed by atoms with van der Waals surface area (Å²) in [6.45, 7) is 6.66. The number of carbonyl (C=O) groups excluding carboxylic acids is 1. The molecule has 0 aliphatic carbocycles. The lowest BCUT2D eigenvalue weighted by atomic mass is 10.4. The monoisotopic (exact) mass is 352 g/mol. The Morgan fingerprint density at radius 1 is 1.00 bits per heavy atom. The third-order valence-corrected chi connectivity index (χ3v) is 3.61. The van der Waals surface area contributed by atoms with Gasteiger partial charge in [0.25, 0.3) is 5.91 Å². The Labute approximate surface area is 150 Å². The Morgan fingerprint density at radius 3 is 2.54 bits per heavy atom. The van der Waals surface area contributed by atoms with E-state index < -0.39 is 0 Å². The zero-order chi connectivity index (χ0) is 18.5. The first kappa shape index (κ1) is 17.5. The van der Waals surface area contributed by atoms with Gasteiger partial charge in [-0.2, -0.15) is 5.10 Å². The van der Waals surface area contributed by atoms with Gasteiger partial charge in [-0.05, 0) is 26.8 Å². The number of aryl methyl sites for hydroxylation is 3. The predicted octanol–water partition coefficient (Wildman–Crippen LogP) is 1.22. The van der Waals surface area contributed by atoms with Crippen LogP contribution in [-0.2, 0) is 0 Å². The van der Waals surface area contributed by atoms with Crippen molar-refractivity contribution < 1.29 is 4.79 Å². The lowest BCUT2D eigenvalue weighted by Crippen LogP contribution is -2.29. The van der Waals surface area contributed by atoms with E-state index in [4.69, 9.17) is 0 Å². The Bertz CT molecular complexity index is 903. The molecule has 1 amide bonds. The van der Waals surface area contributed by atoms with E-state index in [0.717, 1.165) is 17.1 Å². The number of amides is 1. The molecular formula is C17H20N8O. The quantitative estimate of drug-likeness (QED) is 0.642. The molecular weight excluding hydrogens is 332 g/mol. The highest BCUT2D eigenvalue weighted by molar-refractivity contribution is 5.91. The van der Waals surface area contributed by atoms with E-state index >= 15 is 0 Å². The van der Waals surface area contributed by atoms with Crippen LogP contribution in [-0.4, -0.2) is 48.7 Å². The number of nitrogens with zero attached hydrogens (tertiary/aromatic N) is 6. The highest BCUT2D eigenvalue weighted by Crippen LogP contribution is 2.11. The van der Waals surface area contributed by atoms with E-state index in [0.29, 0.717) is 30.4 Å². The second-order valence-corrected chi connectivity index (χ2v) is 5.83. The molecule has 0 radical (unpaired) electrons. The Kier molecular flexibility index (Phi) is 5.16. The first-order chi connectivity index (χ1) is 12.5. The summed E-state index contributed by atoms with van der Waals surface area (Å²) in [5.41, 5.74) is 2.99. The lowest BCUT2D eigenvalue weighted by Gasteiger charge is -2.09. The number of aromatic nitrogens is 6. The van der Waals surface area contributed by atoms with Gasteiger partial charge in [0.15, 0.2) is 5.82 Å². The second kappa shape index (κ2) is 7.68. The molecule has 3 aromatic heterocycles. The molecule has 0 aromatic carbocycles. The minimum atomic E-state index is -0.259. The van der Waals surface area contributed by atoms with Crippen LogP contribution in [0.3, 0.4) is 0 Å². The molecule has 0 unspecified atom stereocenters. The third kappa shape index (κ3) is 4.18. The molecule has 0 saturated heterocycles. The molecule has 2 N–H and O–H groups in total. The molecule has 3 aromatic rings. The van der Waals surface area contributed by atoms with Crippen LogP contribution < -0.4 is 10.6 Å². The molecule has 3 rings (SSSR count). The normalized spacial score (nSPS) is 10.6. The van der Waals surface area contributed by atoms with Gasteiger partial charge in [-0.3, -0.25) is 9.78 Å². The number of anilines is 1. The average Bonchev–Trinajstić information content (AvgIpc) is 2.98. The summed E-state index contributed by atoms with van der Waals surface area (Å²) >= 11 is 0. The molecule has 0 saturated carbocycles. The minimum Gasteiger partial charge on any atom is -0.368 e. The molecule has 0 bridgehead atoms. The largest absolute Gasteiger partial charge is 0.368 e. The zero-order valence-corrected chi connectivity index (χ0v) is 14.9. The molecule has 0 aliphatic rings. The fraction of sp³-hybridized carbons (Fsp3) is 0.294. The van der Waals surface area contributed by atoms with Crippen molar-refractivity contribution in [2.24, 2.45) is 0 Å². The number of carbonyl (C=O) groups is 1. The van der Waals surface area contributed by atoms with Crippen molar-refractivity contribution in [3.63, 3.8) is 0 Å². The fourth-order valence-electron chi connectivity index (χ4n) is 2.39. The average molecular weight is 352 g/mol. The first-order valence-corrected chi connectivity index (χ1v) is 8.19. The van der Waals surface area contributed by atoms with Crippen molar-refractivity contribution in [1.29, 1.82) is 0 Å². The van der Waals surface area contributed by atoms with Gasteiger partial charge < -0.3 is 10.6 Å². The lowest BCUT2D eigenvalue weighted by molar-refractivity contribution is 0.0949. The molecule has 134 valence electrons. The van der Waals surface area contributed by atoms with Crippen molar-refractivity contribution in [1.82, 2.24) is 35.0 Å². The van der Waals surface area contributed by atoms with Gasteiger partial charge in [0, 0.05) is 31.0 Å². The van der Waals surface area contributed by atoms with Gasteiger partial charge in [0.1, 0.15) is 17.8 Å². The summed E-state index contributed by atoms with van der Waals surface area (Å²) in [6.07, 6.45) is 4.51. The topological polar surface area (TPSA) is 111 Å². The van der Waals surface area contributed by atoms with Gasteiger partial charge in [0.05, 0.1) is 17.6 Å². The van der Waals surface area contributed by atoms with Crippen molar-refractivity contribution in [3.8, 4) is 5.82 Å². The summed E-state index contributed by atoms with van der Waals surface area (Å²) in [7, 11) is 0. The molecule has 26 heavy (non-hydrogen) atoms. The standard InChI is InChI=1S/C17H20N8O/c1-11-6-13(3)25(24-11)16-7-15(22-10-23-16)18-4-5-19-17(26)14-9-20-12(2)8-21-14/h6-10H,4-5H2,1-3H3,(H,19,26)(H,18,22,23). The Hall–Kier alpha value is -3.36. The molecule has 0 aliphatic heterocycles. The summed E-state index contributed by atoms with van der Waals surface area (Å²) in [4.78, 5) is 28.5. The molecule has 9 heteroatoms. The van der Waals surface area contributed by atoms with Crippen LogP contribution in [0, 0.1) is 20.8 Å². The van der Waals surface area contributed by atoms with Crippen LogP contribution in [0.1, 0.15) is 27.6 Å².